The van der Waals surface area contributed by atoms with Gasteiger partial charge in [-0.05, 0) is 69.6 Å². The SMILES string of the molecule is CCCCC(CC)COC(=O)Nc1ccc(OCC(CC)CCCC)c(NC(=O)C(C(=O)C2CCCC2)N2C(=O)NC(C)(C)C2=O)c1. The first-order valence-electron chi connectivity index (χ1n) is 17.7. The van der Waals surface area contributed by atoms with Crippen molar-refractivity contribution in [3.05, 3.63) is 18.2 Å². The van der Waals surface area contributed by atoms with Gasteiger partial charge in [0.25, 0.3) is 11.8 Å². The van der Waals surface area contributed by atoms with E-state index in [0.29, 0.717) is 43.4 Å². The number of carbonyl (C=O) groups is 5. The Hall–Kier alpha value is -3.63. The van der Waals surface area contributed by atoms with Crippen LogP contribution < -0.4 is 20.7 Å². The number of ether oxygens (including phenoxy) is 2. The van der Waals surface area contributed by atoms with Gasteiger partial charge in [0.05, 0.1) is 18.9 Å². The second-order valence-electron chi connectivity index (χ2n) is 13.6. The second-order valence-corrected chi connectivity index (χ2v) is 13.6. The summed E-state index contributed by atoms with van der Waals surface area (Å²) in [6.45, 7) is 12.2. The molecule has 2 fully saturated rings. The van der Waals surface area contributed by atoms with Crippen LogP contribution in [-0.2, 0) is 19.1 Å². The van der Waals surface area contributed by atoms with E-state index in [1.807, 2.05) is 0 Å². The summed E-state index contributed by atoms with van der Waals surface area (Å²) in [6.07, 6.45) is 10.3. The van der Waals surface area contributed by atoms with Crippen molar-refractivity contribution in [3.63, 3.8) is 0 Å². The van der Waals surface area contributed by atoms with Crippen LogP contribution in [0.3, 0.4) is 0 Å². The summed E-state index contributed by atoms with van der Waals surface area (Å²) in [5, 5.41) is 8.12. The number of nitrogens with zero attached hydrogens (tertiary/aromatic N) is 1. The zero-order valence-corrected chi connectivity index (χ0v) is 29.2. The molecule has 3 atom stereocenters. The molecule has 262 valence electrons. The fourth-order valence-electron chi connectivity index (χ4n) is 6.20. The van der Waals surface area contributed by atoms with Crippen LogP contribution in [0.1, 0.15) is 119 Å². The van der Waals surface area contributed by atoms with Crippen LogP contribution in [0.15, 0.2) is 18.2 Å². The second kappa shape index (κ2) is 18.1. The smallest absolute Gasteiger partial charge is 0.411 e. The van der Waals surface area contributed by atoms with Gasteiger partial charge in [0.2, 0.25) is 0 Å². The van der Waals surface area contributed by atoms with Gasteiger partial charge in [0, 0.05) is 11.6 Å². The molecule has 5 amide bonds. The topological polar surface area (TPSA) is 143 Å². The number of hydrogen-bond donors (Lipinski definition) is 3. The Bertz CT molecular complexity index is 1240. The van der Waals surface area contributed by atoms with Crippen LogP contribution >= 0.6 is 0 Å². The van der Waals surface area contributed by atoms with Crippen LogP contribution in [0.25, 0.3) is 0 Å². The molecule has 47 heavy (non-hydrogen) atoms. The molecule has 3 unspecified atom stereocenters. The molecule has 1 aromatic rings. The van der Waals surface area contributed by atoms with E-state index in [9.17, 15) is 24.0 Å². The average molecular weight is 657 g/mol. The number of urea groups is 1. The predicted octanol–water partition coefficient (Wildman–Crippen LogP) is 7.44. The quantitative estimate of drug-likeness (QED) is 0.104. The highest BCUT2D eigenvalue weighted by Gasteiger charge is 2.52. The Morgan fingerprint density at radius 2 is 1.55 bits per heavy atom. The van der Waals surface area contributed by atoms with Crippen LogP contribution in [0, 0.1) is 17.8 Å². The Morgan fingerprint density at radius 1 is 0.936 bits per heavy atom. The number of unbranched alkanes of at least 4 members (excludes halogenated alkanes) is 2. The first-order valence-corrected chi connectivity index (χ1v) is 17.7. The fourth-order valence-corrected chi connectivity index (χ4v) is 6.20. The highest BCUT2D eigenvalue weighted by atomic mass is 16.5. The monoisotopic (exact) mass is 656 g/mol. The predicted molar refractivity (Wildman–Crippen MR) is 182 cm³/mol. The lowest BCUT2D eigenvalue weighted by Crippen LogP contribution is -2.54. The van der Waals surface area contributed by atoms with E-state index >= 15 is 0 Å². The van der Waals surface area contributed by atoms with Crippen molar-refractivity contribution < 1.29 is 33.4 Å². The Balaban J connectivity index is 1.89. The highest BCUT2D eigenvalue weighted by Crippen LogP contribution is 2.33. The molecule has 0 aromatic heterocycles. The average Bonchev–Trinajstić information content (AvgIpc) is 3.65. The molecular weight excluding hydrogens is 600 g/mol. The molecule has 1 aliphatic carbocycles. The van der Waals surface area contributed by atoms with Crippen molar-refractivity contribution in [2.24, 2.45) is 17.8 Å². The van der Waals surface area contributed by atoms with E-state index in [1.54, 1.807) is 18.2 Å². The summed E-state index contributed by atoms with van der Waals surface area (Å²) in [5.41, 5.74) is -0.694. The van der Waals surface area contributed by atoms with Crippen molar-refractivity contribution in [3.8, 4) is 5.75 Å². The molecule has 1 saturated heterocycles. The van der Waals surface area contributed by atoms with Gasteiger partial charge in [-0.1, -0.05) is 79.1 Å². The molecule has 1 saturated carbocycles. The fraction of sp³-hybridized carbons (Fsp3) is 0.694. The van der Waals surface area contributed by atoms with Crippen LogP contribution in [-0.4, -0.2) is 59.4 Å². The lowest BCUT2D eigenvalue weighted by molar-refractivity contribution is -0.143. The molecule has 2 aliphatic rings. The molecule has 1 aromatic carbocycles. The Morgan fingerprint density at radius 3 is 2.11 bits per heavy atom. The van der Waals surface area contributed by atoms with E-state index in [2.05, 4.69) is 43.6 Å². The summed E-state index contributed by atoms with van der Waals surface area (Å²) in [7, 11) is 0. The molecule has 11 nitrogen and oxygen atoms in total. The van der Waals surface area contributed by atoms with Crippen LogP contribution in [0.5, 0.6) is 5.75 Å². The van der Waals surface area contributed by atoms with Gasteiger partial charge >= 0.3 is 12.1 Å². The van der Waals surface area contributed by atoms with Gasteiger partial charge in [0.15, 0.2) is 11.8 Å². The van der Waals surface area contributed by atoms with Crippen molar-refractivity contribution in [1.29, 1.82) is 0 Å². The lowest BCUT2D eigenvalue weighted by atomic mass is 9.94. The summed E-state index contributed by atoms with van der Waals surface area (Å²) in [4.78, 5) is 67.7. The van der Waals surface area contributed by atoms with Crippen molar-refractivity contribution >= 4 is 41.1 Å². The third-order valence-electron chi connectivity index (χ3n) is 9.42. The number of rotatable bonds is 19. The molecular formula is C36H56N4O7. The standard InChI is InChI=1S/C36H56N4O7/c1-7-11-15-24(9-3)22-46-29-20-19-27(37-35(45)47-23-25(10-4)16-12-8-2)21-28(29)38-32(42)30(31(41)26-17-13-14-18-26)40-33(43)36(5,6)39-34(40)44/h19-21,24-26,30H,7-18,22-23H2,1-6H3,(H,37,45)(H,38,42)(H,39,44). The zero-order chi connectivity index (χ0) is 34.6. The number of carbonyl (C=O) groups excluding carboxylic acids is 5. The molecule has 3 rings (SSSR count). The number of nitrogens with one attached hydrogen (secondary N) is 3. The van der Waals surface area contributed by atoms with Gasteiger partial charge in [-0.25, -0.2) is 14.5 Å². The number of amides is 5. The van der Waals surface area contributed by atoms with Crippen LogP contribution in [0.4, 0.5) is 21.0 Å². The van der Waals surface area contributed by atoms with E-state index in [-0.39, 0.29) is 11.6 Å². The summed E-state index contributed by atoms with van der Waals surface area (Å²) >= 11 is 0. The number of imide groups is 1. The van der Waals surface area contributed by atoms with E-state index < -0.39 is 47.2 Å². The van der Waals surface area contributed by atoms with E-state index in [0.717, 1.165) is 69.1 Å². The first kappa shape index (κ1) is 37.8. The minimum absolute atomic E-state index is 0.211. The normalized spacial score (nSPS) is 18.0. The van der Waals surface area contributed by atoms with Crippen molar-refractivity contribution in [1.82, 2.24) is 10.2 Å². The zero-order valence-electron chi connectivity index (χ0n) is 29.2. The van der Waals surface area contributed by atoms with Gasteiger partial charge in [-0.2, -0.15) is 0 Å². The largest absolute Gasteiger partial charge is 0.491 e. The lowest BCUT2D eigenvalue weighted by Gasteiger charge is -2.27. The molecule has 0 radical (unpaired) electrons. The molecule has 0 bridgehead atoms. The van der Waals surface area contributed by atoms with E-state index in [1.165, 1.54) is 13.8 Å². The number of anilines is 2. The molecule has 1 heterocycles. The minimum atomic E-state index is -1.65. The summed E-state index contributed by atoms with van der Waals surface area (Å²) in [6, 6.07) is 2.42. The number of Topliss-reactive ketones (excluding diaryl/α,β-unsaturated/α-hetero) is 1. The van der Waals surface area contributed by atoms with Crippen molar-refractivity contribution in [2.75, 3.05) is 23.8 Å². The number of benzene rings is 1. The van der Waals surface area contributed by atoms with Crippen LogP contribution in [0.2, 0.25) is 0 Å². The first-order chi connectivity index (χ1) is 22.4. The number of ketones is 1. The summed E-state index contributed by atoms with van der Waals surface area (Å²) in [5.74, 6) is -1.42. The Kier molecular flexibility index (Phi) is 14.5. The molecule has 1 aliphatic heterocycles. The van der Waals surface area contributed by atoms with Gasteiger partial charge in [-0.15, -0.1) is 0 Å². The third-order valence-corrected chi connectivity index (χ3v) is 9.42. The van der Waals surface area contributed by atoms with Crippen molar-refractivity contribution in [2.45, 2.75) is 130 Å². The van der Waals surface area contributed by atoms with Gasteiger partial charge < -0.3 is 20.1 Å². The maximum Gasteiger partial charge on any atom is 0.411 e. The third kappa shape index (κ3) is 10.4. The molecule has 11 heteroatoms. The minimum Gasteiger partial charge on any atom is -0.491 e. The maximum atomic E-state index is 14.0. The molecule has 3 N–H and O–H groups in total. The summed E-state index contributed by atoms with van der Waals surface area (Å²) < 4.78 is 11.7. The van der Waals surface area contributed by atoms with E-state index in [4.69, 9.17) is 9.47 Å². The maximum absolute atomic E-state index is 14.0. The highest BCUT2D eigenvalue weighted by molar-refractivity contribution is 6.19. The Labute approximate surface area is 280 Å². The van der Waals surface area contributed by atoms with Gasteiger partial charge in [0.1, 0.15) is 11.3 Å². The van der Waals surface area contributed by atoms with Gasteiger partial charge in [-0.3, -0.25) is 19.7 Å². The number of hydrogen-bond acceptors (Lipinski definition) is 7. The molecule has 0 spiro atoms.